The quantitative estimate of drug-likeness (QED) is 0.755. The molecule has 3 nitrogen and oxygen atoms in total. The minimum Gasteiger partial charge on any atom is -0.468 e. The number of nitrogens with one attached hydrogen (secondary N) is 1. The molecule has 0 aromatic carbocycles. The lowest BCUT2D eigenvalue weighted by atomic mass is 10.1. The lowest BCUT2D eigenvalue weighted by Gasteiger charge is -2.23. The van der Waals surface area contributed by atoms with E-state index >= 15 is 0 Å². The van der Waals surface area contributed by atoms with Gasteiger partial charge in [0.2, 0.25) is 0 Å². The average molecular weight is 238 g/mol. The second-order valence-electron chi connectivity index (χ2n) is 4.74. The van der Waals surface area contributed by atoms with Gasteiger partial charge in [0.05, 0.1) is 12.8 Å². The summed E-state index contributed by atoms with van der Waals surface area (Å²) in [7, 11) is 1.97. The Bertz CT molecular complexity index is 309. The number of nitrogens with zero attached hydrogens (tertiary/aromatic N) is 1. The van der Waals surface area contributed by atoms with Crippen LogP contribution in [0.1, 0.15) is 38.5 Å². The second-order valence-corrected chi connectivity index (χ2v) is 4.74. The molecule has 1 rings (SSSR count). The lowest BCUT2D eigenvalue weighted by molar-refractivity contribution is 0.220. The van der Waals surface area contributed by atoms with Gasteiger partial charge in [0, 0.05) is 18.7 Å². The summed E-state index contributed by atoms with van der Waals surface area (Å²) in [5.74, 6) is 1.85. The zero-order chi connectivity index (χ0) is 12.7. The fourth-order valence-electron chi connectivity index (χ4n) is 1.93. The second kappa shape index (κ2) is 7.51. The Balaban J connectivity index is 2.57. The average Bonchev–Trinajstić information content (AvgIpc) is 2.76. The minimum atomic E-state index is 0.748. The Hall–Kier alpha value is -0.800. The fourth-order valence-corrected chi connectivity index (χ4v) is 1.93. The van der Waals surface area contributed by atoms with Crippen LogP contribution in [0.5, 0.6) is 0 Å². The zero-order valence-corrected chi connectivity index (χ0v) is 11.6. The van der Waals surface area contributed by atoms with E-state index < -0.39 is 0 Å². The van der Waals surface area contributed by atoms with Gasteiger partial charge in [-0.15, -0.1) is 0 Å². The third-order valence-corrected chi connectivity index (χ3v) is 3.29. The summed E-state index contributed by atoms with van der Waals surface area (Å²) in [6, 6.07) is 2.06. The first-order valence-corrected chi connectivity index (χ1v) is 6.63. The Morgan fingerprint density at radius 2 is 2.18 bits per heavy atom. The summed E-state index contributed by atoms with van der Waals surface area (Å²) in [4.78, 5) is 2.45. The molecule has 1 aromatic rings. The smallest absolute Gasteiger partial charge is 0.122 e. The molecule has 1 aromatic heterocycles. The lowest BCUT2D eigenvalue weighted by Crippen LogP contribution is -2.28. The molecule has 1 atom stereocenters. The molecule has 17 heavy (non-hydrogen) atoms. The van der Waals surface area contributed by atoms with Gasteiger partial charge in [0.1, 0.15) is 5.76 Å². The summed E-state index contributed by atoms with van der Waals surface area (Å²) in [5, 5.41) is 3.18. The van der Waals surface area contributed by atoms with E-state index in [2.05, 4.69) is 37.1 Å². The normalized spacial score (nSPS) is 13.2. The fraction of sp³-hybridized carbons (Fsp3) is 0.714. The summed E-state index contributed by atoms with van der Waals surface area (Å²) < 4.78 is 5.58. The molecule has 0 aliphatic rings. The molecule has 0 saturated heterocycles. The van der Waals surface area contributed by atoms with Gasteiger partial charge in [-0.1, -0.05) is 27.2 Å². The Labute approximate surface area is 105 Å². The minimum absolute atomic E-state index is 0.748. The summed E-state index contributed by atoms with van der Waals surface area (Å²) in [5.41, 5.74) is 1.27. The molecule has 1 N–H and O–H groups in total. The molecular formula is C14H26N2O. The molecule has 1 unspecified atom stereocenters. The van der Waals surface area contributed by atoms with Crippen LogP contribution in [0.4, 0.5) is 0 Å². The third kappa shape index (κ3) is 4.52. The van der Waals surface area contributed by atoms with Gasteiger partial charge in [-0.3, -0.25) is 4.90 Å². The van der Waals surface area contributed by atoms with E-state index in [-0.39, 0.29) is 0 Å². The number of hydrogen-bond donors (Lipinski definition) is 1. The highest BCUT2D eigenvalue weighted by atomic mass is 16.3. The van der Waals surface area contributed by atoms with Crippen molar-refractivity contribution in [1.29, 1.82) is 0 Å². The highest BCUT2D eigenvalue weighted by Crippen LogP contribution is 2.14. The van der Waals surface area contributed by atoms with Crippen molar-refractivity contribution in [3.05, 3.63) is 23.7 Å². The van der Waals surface area contributed by atoms with Crippen molar-refractivity contribution in [3.63, 3.8) is 0 Å². The molecule has 0 fully saturated rings. The number of rotatable bonds is 8. The molecule has 0 spiro atoms. The van der Waals surface area contributed by atoms with Gasteiger partial charge in [-0.05, 0) is 25.6 Å². The maximum Gasteiger partial charge on any atom is 0.122 e. The van der Waals surface area contributed by atoms with E-state index in [0.29, 0.717) is 0 Å². The molecule has 98 valence electrons. The van der Waals surface area contributed by atoms with Crippen LogP contribution in [0.15, 0.2) is 16.7 Å². The van der Waals surface area contributed by atoms with Crippen LogP contribution in [0, 0.1) is 5.92 Å². The summed E-state index contributed by atoms with van der Waals surface area (Å²) in [6.45, 7) is 10.8. The van der Waals surface area contributed by atoms with Crippen molar-refractivity contribution >= 4 is 0 Å². The summed E-state index contributed by atoms with van der Waals surface area (Å²) in [6.07, 6.45) is 3.02. The van der Waals surface area contributed by atoms with Gasteiger partial charge in [0.25, 0.3) is 0 Å². The topological polar surface area (TPSA) is 28.4 Å². The standard InChI is InChI=1S/C14H26N2O/c1-5-12(3)10-16(6-2)11-14-13(9-15-4)7-8-17-14/h7-8,12,15H,5-6,9-11H2,1-4H3. The highest BCUT2D eigenvalue weighted by molar-refractivity contribution is 5.16. The van der Waals surface area contributed by atoms with Crippen LogP contribution < -0.4 is 5.32 Å². The predicted molar refractivity (Wildman–Crippen MR) is 71.9 cm³/mol. The third-order valence-electron chi connectivity index (χ3n) is 3.29. The van der Waals surface area contributed by atoms with E-state index in [1.165, 1.54) is 12.0 Å². The van der Waals surface area contributed by atoms with Gasteiger partial charge in [0.15, 0.2) is 0 Å². The molecule has 0 aliphatic carbocycles. The molecule has 0 bridgehead atoms. The van der Waals surface area contributed by atoms with Crippen LogP contribution in [-0.2, 0) is 13.1 Å². The maximum absolute atomic E-state index is 5.58. The van der Waals surface area contributed by atoms with Gasteiger partial charge in [-0.2, -0.15) is 0 Å². The maximum atomic E-state index is 5.58. The van der Waals surface area contributed by atoms with Crippen molar-refractivity contribution in [2.45, 2.75) is 40.3 Å². The van der Waals surface area contributed by atoms with Crippen molar-refractivity contribution in [3.8, 4) is 0 Å². The van der Waals surface area contributed by atoms with Crippen molar-refractivity contribution in [1.82, 2.24) is 10.2 Å². The zero-order valence-electron chi connectivity index (χ0n) is 11.6. The van der Waals surface area contributed by atoms with E-state index in [1.807, 2.05) is 7.05 Å². The van der Waals surface area contributed by atoms with E-state index in [9.17, 15) is 0 Å². The van der Waals surface area contributed by atoms with Crippen molar-refractivity contribution in [2.24, 2.45) is 5.92 Å². The van der Waals surface area contributed by atoms with Crippen molar-refractivity contribution in [2.75, 3.05) is 20.1 Å². The van der Waals surface area contributed by atoms with Gasteiger partial charge in [-0.25, -0.2) is 0 Å². The van der Waals surface area contributed by atoms with E-state index in [1.54, 1.807) is 6.26 Å². The first-order valence-electron chi connectivity index (χ1n) is 6.63. The number of furan rings is 1. The van der Waals surface area contributed by atoms with E-state index in [0.717, 1.165) is 37.9 Å². The molecule has 0 radical (unpaired) electrons. The van der Waals surface area contributed by atoms with Crippen molar-refractivity contribution < 1.29 is 4.42 Å². The summed E-state index contributed by atoms with van der Waals surface area (Å²) >= 11 is 0. The molecule has 0 saturated carbocycles. The van der Waals surface area contributed by atoms with Crippen LogP contribution >= 0.6 is 0 Å². The van der Waals surface area contributed by atoms with E-state index in [4.69, 9.17) is 4.42 Å². The first kappa shape index (κ1) is 14.3. The SMILES string of the molecule is CCC(C)CN(CC)Cc1occc1CNC. The predicted octanol–water partition coefficient (Wildman–Crippen LogP) is 2.87. The Kier molecular flexibility index (Phi) is 6.30. The van der Waals surface area contributed by atoms with Crippen LogP contribution in [0.2, 0.25) is 0 Å². The Morgan fingerprint density at radius 1 is 1.41 bits per heavy atom. The van der Waals surface area contributed by atoms with Crippen LogP contribution in [0.3, 0.4) is 0 Å². The highest BCUT2D eigenvalue weighted by Gasteiger charge is 2.12. The Morgan fingerprint density at radius 3 is 2.76 bits per heavy atom. The monoisotopic (exact) mass is 238 g/mol. The number of hydrogen-bond acceptors (Lipinski definition) is 3. The van der Waals surface area contributed by atoms with Gasteiger partial charge >= 0.3 is 0 Å². The molecule has 1 heterocycles. The molecule has 0 aliphatic heterocycles. The first-order chi connectivity index (χ1) is 8.21. The van der Waals surface area contributed by atoms with Gasteiger partial charge < -0.3 is 9.73 Å². The van der Waals surface area contributed by atoms with Crippen LogP contribution in [0.25, 0.3) is 0 Å². The van der Waals surface area contributed by atoms with Crippen LogP contribution in [-0.4, -0.2) is 25.0 Å². The largest absolute Gasteiger partial charge is 0.468 e. The molecule has 3 heteroatoms. The molecule has 0 amide bonds. The molecular weight excluding hydrogens is 212 g/mol.